The summed E-state index contributed by atoms with van der Waals surface area (Å²) >= 11 is 3.44. The van der Waals surface area contributed by atoms with Crippen LogP contribution in [0.15, 0.2) is 40.0 Å². The predicted octanol–water partition coefficient (Wildman–Crippen LogP) is 3.04. The molecule has 2 rings (SSSR count). The molecule has 0 bridgehead atoms. The van der Waals surface area contributed by atoms with Crippen LogP contribution in [0.1, 0.15) is 25.8 Å². The molecule has 0 fully saturated rings. The van der Waals surface area contributed by atoms with Crippen molar-refractivity contribution in [2.24, 2.45) is 0 Å². The van der Waals surface area contributed by atoms with E-state index in [2.05, 4.69) is 45.4 Å². The Kier molecular flexibility index (Phi) is 5.42. The van der Waals surface area contributed by atoms with Crippen LogP contribution in [0.2, 0.25) is 0 Å². The summed E-state index contributed by atoms with van der Waals surface area (Å²) in [5.74, 6) is -0.249. The van der Waals surface area contributed by atoms with Gasteiger partial charge >= 0.3 is 5.97 Å². The Labute approximate surface area is 134 Å². The number of hydrazine groups is 1. The molecule has 21 heavy (non-hydrogen) atoms. The van der Waals surface area contributed by atoms with E-state index in [0.717, 1.165) is 35.1 Å². The van der Waals surface area contributed by atoms with Crippen molar-refractivity contribution in [2.75, 3.05) is 13.7 Å². The molecular weight excluding hydrogens is 332 g/mol. The van der Waals surface area contributed by atoms with E-state index in [1.807, 2.05) is 19.1 Å². The van der Waals surface area contributed by atoms with E-state index in [4.69, 9.17) is 4.74 Å². The summed E-state index contributed by atoms with van der Waals surface area (Å²) in [6.45, 7) is 4.94. The first-order chi connectivity index (χ1) is 10.1. The number of methoxy groups -OCH3 is 1. The second-order valence-electron chi connectivity index (χ2n) is 5.18. The fraction of sp³-hybridized carbons (Fsp3) is 0.438. The molecule has 0 saturated carbocycles. The number of carbonyl (C=O) groups is 1. The van der Waals surface area contributed by atoms with Gasteiger partial charge in [0.25, 0.3) is 0 Å². The molecule has 1 aromatic rings. The van der Waals surface area contributed by atoms with Gasteiger partial charge in [0, 0.05) is 16.7 Å². The third kappa shape index (κ3) is 3.66. The normalized spacial score (nSPS) is 18.8. The number of nitrogens with zero attached hydrogens (tertiary/aromatic N) is 1. The second kappa shape index (κ2) is 7.09. The number of hydrogen-bond acceptors (Lipinski definition) is 4. The quantitative estimate of drug-likeness (QED) is 0.827. The summed E-state index contributed by atoms with van der Waals surface area (Å²) < 4.78 is 6.00. The van der Waals surface area contributed by atoms with Gasteiger partial charge in [-0.25, -0.2) is 9.80 Å². The fourth-order valence-corrected chi connectivity index (χ4v) is 2.93. The maximum atomic E-state index is 12.1. The SMILES string of the molecule is CCCN1NC(C)=C(C(=O)OC)C1Cc1ccc(Br)cc1. The van der Waals surface area contributed by atoms with Gasteiger partial charge in [-0.1, -0.05) is 35.0 Å². The summed E-state index contributed by atoms with van der Waals surface area (Å²) in [5.41, 5.74) is 6.12. The summed E-state index contributed by atoms with van der Waals surface area (Å²) in [7, 11) is 1.43. The van der Waals surface area contributed by atoms with Crippen LogP contribution in [0, 0.1) is 0 Å². The number of halogens is 1. The summed E-state index contributed by atoms with van der Waals surface area (Å²) in [5, 5.41) is 2.13. The van der Waals surface area contributed by atoms with Crippen LogP contribution >= 0.6 is 15.9 Å². The standard InChI is InChI=1S/C16H21BrN2O2/c1-4-9-19-14(10-12-5-7-13(17)8-6-12)15(11(2)18-19)16(20)21-3/h5-8,14,18H,4,9-10H2,1-3H3. The maximum Gasteiger partial charge on any atom is 0.337 e. The summed E-state index contributed by atoms with van der Waals surface area (Å²) in [6.07, 6.45) is 1.80. The van der Waals surface area contributed by atoms with Gasteiger partial charge in [-0.2, -0.15) is 0 Å². The monoisotopic (exact) mass is 352 g/mol. The smallest absolute Gasteiger partial charge is 0.337 e. The van der Waals surface area contributed by atoms with Crippen LogP contribution < -0.4 is 5.43 Å². The lowest BCUT2D eigenvalue weighted by molar-refractivity contribution is -0.136. The van der Waals surface area contributed by atoms with Gasteiger partial charge in [0.05, 0.1) is 18.7 Å². The van der Waals surface area contributed by atoms with E-state index < -0.39 is 0 Å². The minimum Gasteiger partial charge on any atom is -0.466 e. The zero-order valence-corrected chi connectivity index (χ0v) is 14.2. The molecule has 0 spiro atoms. The zero-order valence-electron chi connectivity index (χ0n) is 12.6. The Morgan fingerprint density at radius 2 is 2.05 bits per heavy atom. The van der Waals surface area contributed by atoms with Gasteiger partial charge in [0.15, 0.2) is 0 Å². The lowest BCUT2D eigenvalue weighted by Crippen LogP contribution is -2.41. The number of allylic oxidation sites excluding steroid dienone is 1. The highest BCUT2D eigenvalue weighted by Gasteiger charge is 2.35. The van der Waals surface area contributed by atoms with E-state index in [1.165, 1.54) is 12.7 Å². The van der Waals surface area contributed by atoms with E-state index in [0.29, 0.717) is 0 Å². The van der Waals surface area contributed by atoms with Gasteiger partial charge in [-0.15, -0.1) is 0 Å². The highest BCUT2D eigenvalue weighted by Crippen LogP contribution is 2.25. The van der Waals surface area contributed by atoms with E-state index >= 15 is 0 Å². The second-order valence-corrected chi connectivity index (χ2v) is 6.10. The van der Waals surface area contributed by atoms with E-state index in [1.54, 1.807) is 0 Å². The zero-order chi connectivity index (χ0) is 15.4. The Bertz CT molecular complexity index is 540. The molecule has 1 aliphatic rings. The van der Waals surface area contributed by atoms with Crippen molar-refractivity contribution in [3.63, 3.8) is 0 Å². The van der Waals surface area contributed by atoms with Crippen LogP contribution in [0.25, 0.3) is 0 Å². The average Bonchev–Trinajstić information content (AvgIpc) is 2.77. The van der Waals surface area contributed by atoms with Crippen LogP contribution in [0.4, 0.5) is 0 Å². The largest absolute Gasteiger partial charge is 0.466 e. The van der Waals surface area contributed by atoms with Crippen molar-refractivity contribution in [2.45, 2.75) is 32.7 Å². The summed E-state index contributed by atoms with van der Waals surface area (Å²) in [6, 6.07) is 8.22. The molecule has 1 unspecified atom stereocenters. The van der Waals surface area contributed by atoms with Crippen molar-refractivity contribution >= 4 is 21.9 Å². The number of nitrogens with one attached hydrogen (secondary N) is 1. The van der Waals surface area contributed by atoms with Crippen LogP contribution in [-0.2, 0) is 16.0 Å². The Morgan fingerprint density at radius 3 is 2.62 bits per heavy atom. The van der Waals surface area contributed by atoms with E-state index in [-0.39, 0.29) is 12.0 Å². The first kappa shape index (κ1) is 16.0. The molecule has 0 aliphatic carbocycles. The number of carbonyl (C=O) groups excluding carboxylic acids is 1. The topological polar surface area (TPSA) is 41.6 Å². The molecule has 0 aromatic heterocycles. The third-order valence-electron chi connectivity index (χ3n) is 3.64. The molecular formula is C16H21BrN2O2. The summed E-state index contributed by atoms with van der Waals surface area (Å²) in [4.78, 5) is 12.1. The number of ether oxygens (including phenoxy) is 1. The molecule has 114 valence electrons. The Balaban J connectivity index is 2.25. The van der Waals surface area contributed by atoms with E-state index in [9.17, 15) is 4.79 Å². The van der Waals surface area contributed by atoms with Gasteiger partial charge in [-0.3, -0.25) is 0 Å². The molecule has 0 radical (unpaired) electrons. The molecule has 5 heteroatoms. The molecule has 1 N–H and O–H groups in total. The number of esters is 1. The van der Waals surface area contributed by atoms with Gasteiger partial charge in [-0.05, 0) is 37.5 Å². The Morgan fingerprint density at radius 1 is 1.38 bits per heavy atom. The highest BCUT2D eigenvalue weighted by atomic mass is 79.9. The van der Waals surface area contributed by atoms with Crippen molar-refractivity contribution < 1.29 is 9.53 Å². The molecule has 1 heterocycles. The lowest BCUT2D eigenvalue weighted by atomic mass is 9.98. The first-order valence-corrected chi connectivity index (χ1v) is 7.93. The van der Waals surface area contributed by atoms with Crippen molar-refractivity contribution in [1.82, 2.24) is 10.4 Å². The highest BCUT2D eigenvalue weighted by molar-refractivity contribution is 9.10. The third-order valence-corrected chi connectivity index (χ3v) is 4.17. The molecule has 1 aromatic carbocycles. The number of benzene rings is 1. The van der Waals surface area contributed by atoms with Crippen molar-refractivity contribution in [3.05, 3.63) is 45.6 Å². The molecule has 0 amide bonds. The van der Waals surface area contributed by atoms with Gasteiger partial charge < -0.3 is 10.2 Å². The number of rotatable bonds is 5. The molecule has 4 nitrogen and oxygen atoms in total. The Hall–Kier alpha value is -1.33. The lowest BCUT2D eigenvalue weighted by Gasteiger charge is -2.25. The van der Waals surface area contributed by atoms with Crippen molar-refractivity contribution in [3.8, 4) is 0 Å². The molecule has 1 aliphatic heterocycles. The first-order valence-electron chi connectivity index (χ1n) is 7.13. The van der Waals surface area contributed by atoms with Gasteiger partial charge in [0.2, 0.25) is 0 Å². The average molecular weight is 353 g/mol. The van der Waals surface area contributed by atoms with Gasteiger partial charge in [0.1, 0.15) is 0 Å². The minimum atomic E-state index is -0.249. The molecule has 0 saturated heterocycles. The predicted molar refractivity (Wildman–Crippen MR) is 86.5 cm³/mol. The van der Waals surface area contributed by atoms with Crippen molar-refractivity contribution in [1.29, 1.82) is 0 Å². The minimum absolute atomic E-state index is 0.0126. The molecule has 1 atom stereocenters. The fourth-order valence-electron chi connectivity index (χ4n) is 2.67. The maximum absolute atomic E-state index is 12.1. The number of hydrogen-bond donors (Lipinski definition) is 1. The van der Waals surface area contributed by atoms with Crippen LogP contribution in [-0.4, -0.2) is 30.7 Å². The van der Waals surface area contributed by atoms with Crippen LogP contribution in [0.5, 0.6) is 0 Å². The van der Waals surface area contributed by atoms with Crippen LogP contribution in [0.3, 0.4) is 0 Å².